The Labute approximate surface area is 183 Å². The molecule has 1 fully saturated rings. The van der Waals surface area contributed by atoms with Gasteiger partial charge in [0.25, 0.3) is 0 Å². The van der Waals surface area contributed by atoms with Crippen molar-refractivity contribution in [1.29, 1.82) is 0 Å². The zero-order valence-corrected chi connectivity index (χ0v) is 18.7. The number of piperidine rings is 1. The van der Waals surface area contributed by atoms with Crippen LogP contribution in [0.15, 0.2) is 53.7 Å². The van der Waals surface area contributed by atoms with Crippen molar-refractivity contribution >= 4 is 35.8 Å². The molecule has 3 rings (SSSR count). The molecule has 0 spiro atoms. The molecule has 1 aliphatic rings. The summed E-state index contributed by atoms with van der Waals surface area (Å²) in [6, 6.07) is 14.5. The first-order valence-corrected chi connectivity index (χ1v) is 9.45. The minimum absolute atomic E-state index is 0. The standard InChI is InChI=1S/C21H27N5O.HI/c1-3-22-21(25-18-10-11-20(27)26(2)15-18)24-14-16-7-6-8-17(13-16)19-9-4-5-12-23-19;/h4-9,12-13,18H,3,10-11,14-15H2,1-2H3,(H2,22,24,25);1H. The van der Waals surface area contributed by atoms with Crippen molar-refractivity contribution < 1.29 is 4.79 Å². The number of pyridine rings is 1. The van der Waals surface area contributed by atoms with Crippen LogP contribution in [-0.4, -0.2) is 47.9 Å². The van der Waals surface area contributed by atoms with Crippen molar-refractivity contribution in [3.05, 3.63) is 54.2 Å². The summed E-state index contributed by atoms with van der Waals surface area (Å²) >= 11 is 0. The van der Waals surface area contributed by atoms with Crippen LogP contribution in [0, 0.1) is 0 Å². The molecule has 7 heteroatoms. The molecular weight excluding hydrogens is 465 g/mol. The van der Waals surface area contributed by atoms with E-state index < -0.39 is 0 Å². The molecule has 2 N–H and O–H groups in total. The Balaban J connectivity index is 0.00000280. The highest BCUT2D eigenvalue weighted by Gasteiger charge is 2.23. The lowest BCUT2D eigenvalue weighted by Crippen LogP contribution is -2.51. The van der Waals surface area contributed by atoms with Gasteiger partial charge in [-0.15, -0.1) is 24.0 Å². The molecule has 0 aliphatic carbocycles. The van der Waals surface area contributed by atoms with Crippen LogP contribution in [0.4, 0.5) is 0 Å². The van der Waals surface area contributed by atoms with Gasteiger partial charge < -0.3 is 15.5 Å². The molecule has 1 aromatic carbocycles. The summed E-state index contributed by atoms with van der Waals surface area (Å²) < 4.78 is 0. The number of carbonyl (C=O) groups excluding carboxylic acids is 1. The van der Waals surface area contributed by atoms with E-state index in [9.17, 15) is 4.79 Å². The Hall–Kier alpha value is -2.16. The molecule has 1 amide bonds. The fourth-order valence-electron chi connectivity index (χ4n) is 3.18. The summed E-state index contributed by atoms with van der Waals surface area (Å²) in [5, 5.41) is 6.75. The fraction of sp³-hybridized carbons (Fsp3) is 0.381. The summed E-state index contributed by atoms with van der Waals surface area (Å²) in [5.74, 6) is 0.995. The quantitative estimate of drug-likeness (QED) is 0.382. The Bertz CT molecular complexity index is 796. The predicted octanol–water partition coefficient (Wildman–Crippen LogP) is 3.04. The highest BCUT2D eigenvalue weighted by Crippen LogP contribution is 2.18. The molecular formula is C21H28IN5O. The zero-order valence-electron chi connectivity index (χ0n) is 16.4. The second-order valence-electron chi connectivity index (χ2n) is 6.76. The largest absolute Gasteiger partial charge is 0.357 e. The summed E-state index contributed by atoms with van der Waals surface area (Å²) in [4.78, 5) is 22.6. The number of guanidine groups is 1. The number of likely N-dealkylation sites (N-methyl/N-ethyl adjacent to an activating group) is 1. The Morgan fingerprint density at radius 2 is 2.14 bits per heavy atom. The third-order valence-electron chi connectivity index (χ3n) is 4.62. The van der Waals surface area contributed by atoms with Gasteiger partial charge in [0, 0.05) is 44.4 Å². The van der Waals surface area contributed by atoms with Gasteiger partial charge in [-0.25, -0.2) is 4.99 Å². The van der Waals surface area contributed by atoms with Crippen molar-refractivity contribution in [2.24, 2.45) is 4.99 Å². The molecule has 28 heavy (non-hydrogen) atoms. The van der Waals surface area contributed by atoms with Gasteiger partial charge in [-0.1, -0.05) is 24.3 Å². The second-order valence-corrected chi connectivity index (χ2v) is 6.76. The molecule has 150 valence electrons. The summed E-state index contributed by atoms with van der Waals surface area (Å²) in [6.07, 6.45) is 3.22. The van der Waals surface area contributed by atoms with Crippen LogP contribution >= 0.6 is 24.0 Å². The Morgan fingerprint density at radius 3 is 2.86 bits per heavy atom. The molecule has 1 saturated heterocycles. The zero-order chi connectivity index (χ0) is 19.1. The number of aliphatic imine (C=N–C) groups is 1. The summed E-state index contributed by atoms with van der Waals surface area (Å²) in [7, 11) is 1.85. The average molecular weight is 493 g/mol. The SMILES string of the molecule is CCNC(=NCc1cccc(-c2ccccn2)c1)NC1CCC(=O)N(C)C1.I. The van der Waals surface area contributed by atoms with Crippen LogP contribution in [0.5, 0.6) is 0 Å². The molecule has 0 saturated carbocycles. The Morgan fingerprint density at radius 1 is 1.29 bits per heavy atom. The van der Waals surface area contributed by atoms with Gasteiger partial charge in [0.15, 0.2) is 5.96 Å². The lowest BCUT2D eigenvalue weighted by molar-refractivity contribution is -0.132. The van der Waals surface area contributed by atoms with Gasteiger partial charge in [0.2, 0.25) is 5.91 Å². The molecule has 2 aromatic rings. The molecule has 1 atom stereocenters. The fourth-order valence-corrected chi connectivity index (χ4v) is 3.18. The first kappa shape index (κ1) is 22.1. The first-order chi connectivity index (χ1) is 13.2. The third kappa shape index (κ3) is 6.19. The maximum Gasteiger partial charge on any atom is 0.222 e. The van der Waals surface area contributed by atoms with E-state index in [1.54, 1.807) is 11.1 Å². The van der Waals surface area contributed by atoms with E-state index >= 15 is 0 Å². The van der Waals surface area contributed by atoms with Crippen molar-refractivity contribution in [2.45, 2.75) is 32.4 Å². The van der Waals surface area contributed by atoms with Crippen molar-refractivity contribution in [1.82, 2.24) is 20.5 Å². The van der Waals surface area contributed by atoms with Crippen LogP contribution in [0.2, 0.25) is 0 Å². The number of nitrogens with zero attached hydrogens (tertiary/aromatic N) is 3. The predicted molar refractivity (Wildman–Crippen MR) is 124 cm³/mol. The van der Waals surface area contributed by atoms with E-state index in [2.05, 4.69) is 40.7 Å². The second kappa shape index (κ2) is 11.0. The van der Waals surface area contributed by atoms with Gasteiger partial charge in [-0.05, 0) is 37.1 Å². The number of aromatic nitrogens is 1. The number of nitrogens with one attached hydrogen (secondary N) is 2. The summed E-state index contributed by atoms with van der Waals surface area (Å²) in [5.41, 5.74) is 3.18. The molecule has 1 unspecified atom stereocenters. The number of amides is 1. The van der Waals surface area contributed by atoms with Gasteiger partial charge in [0.1, 0.15) is 0 Å². The van der Waals surface area contributed by atoms with Gasteiger partial charge >= 0.3 is 0 Å². The number of rotatable bonds is 5. The number of likely N-dealkylation sites (tertiary alicyclic amines) is 1. The topological polar surface area (TPSA) is 69.6 Å². The van der Waals surface area contributed by atoms with Crippen LogP contribution < -0.4 is 10.6 Å². The van der Waals surface area contributed by atoms with Crippen molar-refractivity contribution in [2.75, 3.05) is 20.1 Å². The van der Waals surface area contributed by atoms with E-state index in [0.717, 1.165) is 35.7 Å². The maximum atomic E-state index is 11.7. The number of halogens is 1. The lowest BCUT2D eigenvalue weighted by atomic mass is 10.1. The Kier molecular flexibility index (Phi) is 8.69. The van der Waals surface area contributed by atoms with Crippen LogP contribution in [0.25, 0.3) is 11.3 Å². The molecule has 2 heterocycles. The van der Waals surface area contributed by atoms with Crippen molar-refractivity contribution in [3.63, 3.8) is 0 Å². The minimum Gasteiger partial charge on any atom is -0.357 e. The van der Waals surface area contributed by atoms with Crippen molar-refractivity contribution in [3.8, 4) is 11.3 Å². The molecule has 0 bridgehead atoms. The monoisotopic (exact) mass is 493 g/mol. The molecule has 0 radical (unpaired) electrons. The number of benzene rings is 1. The molecule has 6 nitrogen and oxygen atoms in total. The van der Waals surface area contributed by atoms with E-state index in [1.807, 2.05) is 31.3 Å². The number of carbonyl (C=O) groups is 1. The third-order valence-corrected chi connectivity index (χ3v) is 4.62. The molecule has 1 aromatic heterocycles. The van der Waals surface area contributed by atoms with Crippen LogP contribution in [0.3, 0.4) is 0 Å². The average Bonchev–Trinajstić information content (AvgIpc) is 2.70. The van der Waals surface area contributed by atoms with Gasteiger partial charge in [-0.3, -0.25) is 9.78 Å². The normalized spacial score (nSPS) is 17.1. The van der Waals surface area contributed by atoms with Crippen LogP contribution in [-0.2, 0) is 11.3 Å². The highest BCUT2D eigenvalue weighted by atomic mass is 127. The van der Waals surface area contributed by atoms with E-state index in [1.165, 1.54) is 0 Å². The van der Waals surface area contributed by atoms with Gasteiger partial charge in [0.05, 0.1) is 12.2 Å². The minimum atomic E-state index is 0. The van der Waals surface area contributed by atoms with E-state index in [4.69, 9.17) is 4.99 Å². The summed E-state index contributed by atoms with van der Waals surface area (Å²) in [6.45, 7) is 4.13. The number of hydrogen-bond donors (Lipinski definition) is 2. The lowest BCUT2D eigenvalue weighted by Gasteiger charge is -2.31. The maximum absolute atomic E-state index is 11.7. The number of hydrogen-bond acceptors (Lipinski definition) is 3. The van der Waals surface area contributed by atoms with Crippen LogP contribution in [0.1, 0.15) is 25.3 Å². The highest BCUT2D eigenvalue weighted by molar-refractivity contribution is 14.0. The smallest absolute Gasteiger partial charge is 0.222 e. The van der Waals surface area contributed by atoms with E-state index in [-0.39, 0.29) is 35.9 Å². The molecule has 1 aliphatic heterocycles. The first-order valence-electron chi connectivity index (χ1n) is 9.45. The van der Waals surface area contributed by atoms with E-state index in [0.29, 0.717) is 19.5 Å². The van der Waals surface area contributed by atoms with Gasteiger partial charge in [-0.2, -0.15) is 0 Å².